The van der Waals surface area contributed by atoms with Crippen molar-refractivity contribution in [3.63, 3.8) is 0 Å². The Bertz CT molecular complexity index is 813. The molecule has 1 N–H and O–H groups in total. The number of rotatable bonds is 1. The van der Waals surface area contributed by atoms with Gasteiger partial charge in [0.1, 0.15) is 11.2 Å². The van der Waals surface area contributed by atoms with Gasteiger partial charge in [-0.25, -0.2) is 9.59 Å². The zero-order chi connectivity index (χ0) is 19.0. The van der Waals surface area contributed by atoms with Crippen LogP contribution in [0.4, 0.5) is 15.3 Å². The second kappa shape index (κ2) is 6.71. The number of amides is 1. The first-order valence-corrected chi connectivity index (χ1v) is 8.69. The zero-order valence-electron chi connectivity index (χ0n) is 15.3. The van der Waals surface area contributed by atoms with Crippen LogP contribution in [0.3, 0.4) is 0 Å². The summed E-state index contributed by atoms with van der Waals surface area (Å²) in [6.07, 6.45) is 0.654. The van der Waals surface area contributed by atoms with E-state index in [2.05, 4.69) is 21.2 Å². The topological polar surface area (TPSA) is 69.6 Å². The number of carbonyl (C=O) groups excluding carboxylic acids is 2. The first-order valence-electron chi connectivity index (χ1n) is 7.90. The van der Waals surface area contributed by atoms with Gasteiger partial charge in [0.25, 0.3) is 0 Å². The van der Waals surface area contributed by atoms with E-state index in [0.717, 1.165) is 9.86 Å². The predicted octanol–water partition coefficient (Wildman–Crippen LogP) is 5.53. The van der Waals surface area contributed by atoms with Gasteiger partial charge in [-0.2, -0.15) is 0 Å². The fourth-order valence-electron chi connectivity index (χ4n) is 2.15. The minimum atomic E-state index is -0.585. The quantitative estimate of drug-likeness (QED) is 0.670. The molecular formula is C18H23BrN2O4. The van der Waals surface area contributed by atoms with Gasteiger partial charge in [-0.15, -0.1) is 0 Å². The molecule has 0 fully saturated rings. The van der Waals surface area contributed by atoms with Crippen LogP contribution in [0.1, 0.15) is 41.5 Å². The predicted molar refractivity (Wildman–Crippen MR) is 101 cm³/mol. The molecular weight excluding hydrogens is 388 g/mol. The fraction of sp³-hybridized carbons (Fsp3) is 0.444. The van der Waals surface area contributed by atoms with Crippen molar-refractivity contribution in [1.82, 2.24) is 4.57 Å². The van der Waals surface area contributed by atoms with E-state index in [1.165, 1.54) is 4.57 Å². The number of hydrogen-bond donors (Lipinski definition) is 1. The highest BCUT2D eigenvalue weighted by molar-refractivity contribution is 9.10. The zero-order valence-corrected chi connectivity index (χ0v) is 16.9. The Morgan fingerprint density at radius 1 is 1.04 bits per heavy atom. The van der Waals surface area contributed by atoms with Gasteiger partial charge in [-0.3, -0.25) is 9.88 Å². The van der Waals surface area contributed by atoms with E-state index in [4.69, 9.17) is 9.47 Å². The Balaban J connectivity index is 2.28. The molecule has 0 bridgehead atoms. The Morgan fingerprint density at radius 3 is 2.20 bits per heavy atom. The standard InChI is InChI=1S/C18H23BrN2O4/c1-17(2,3)24-15(22)20-11-7-8-14-12(9-11)13(19)10-21(14)16(23)25-18(4,5)6/h7-10H,1-6H3,(H,20,22). The highest BCUT2D eigenvalue weighted by Crippen LogP contribution is 2.29. The number of nitrogens with zero attached hydrogens (tertiary/aromatic N) is 1. The van der Waals surface area contributed by atoms with Crippen molar-refractivity contribution in [2.45, 2.75) is 52.7 Å². The summed E-state index contributed by atoms with van der Waals surface area (Å²) in [6.45, 7) is 10.8. The number of aromatic nitrogens is 1. The third kappa shape index (κ3) is 5.22. The Kier molecular flexibility index (Phi) is 5.18. The maximum atomic E-state index is 12.3. The number of nitrogens with one attached hydrogen (secondary N) is 1. The van der Waals surface area contributed by atoms with E-state index in [1.54, 1.807) is 45.2 Å². The Labute approximate surface area is 155 Å². The molecule has 1 aromatic heterocycles. The molecule has 6 nitrogen and oxygen atoms in total. The van der Waals surface area contributed by atoms with Gasteiger partial charge in [-0.05, 0) is 75.7 Å². The first-order chi connectivity index (χ1) is 11.4. The second-order valence-electron chi connectivity index (χ2n) is 7.69. The number of anilines is 1. The smallest absolute Gasteiger partial charge is 0.419 e. The molecule has 0 saturated carbocycles. The van der Waals surface area contributed by atoms with Crippen molar-refractivity contribution in [2.75, 3.05) is 5.32 Å². The van der Waals surface area contributed by atoms with Crippen molar-refractivity contribution in [2.24, 2.45) is 0 Å². The Morgan fingerprint density at radius 2 is 1.64 bits per heavy atom. The van der Waals surface area contributed by atoms with Crippen LogP contribution in [0.2, 0.25) is 0 Å². The van der Waals surface area contributed by atoms with Gasteiger partial charge in [0.15, 0.2) is 0 Å². The van der Waals surface area contributed by atoms with Gasteiger partial charge in [-0.1, -0.05) is 0 Å². The molecule has 1 heterocycles. The number of halogens is 1. The van der Waals surface area contributed by atoms with E-state index in [0.29, 0.717) is 11.2 Å². The van der Waals surface area contributed by atoms with Crippen molar-refractivity contribution >= 4 is 44.7 Å². The fourth-order valence-corrected chi connectivity index (χ4v) is 2.67. The largest absolute Gasteiger partial charge is 0.444 e. The molecule has 2 aromatic rings. The third-order valence-corrected chi connectivity index (χ3v) is 3.62. The number of carbonyl (C=O) groups is 2. The lowest BCUT2D eigenvalue weighted by Gasteiger charge is -2.20. The van der Waals surface area contributed by atoms with Gasteiger partial charge in [0, 0.05) is 21.7 Å². The highest BCUT2D eigenvalue weighted by atomic mass is 79.9. The molecule has 2 rings (SSSR count). The molecule has 0 radical (unpaired) electrons. The van der Waals surface area contributed by atoms with Crippen LogP contribution in [0.25, 0.3) is 10.9 Å². The number of benzene rings is 1. The molecule has 0 atom stereocenters. The lowest BCUT2D eigenvalue weighted by molar-refractivity contribution is 0.0543. The van der Waals surface area contributed by atoms with Crippen LogP contribution < -0.4 is 5.32 Å². The van der Waals surface area contributed by atoms with Crippen LogP contribution in [0.5, 0.6) is 0 Å². The minimum Gasteiger partial charge on any atom is -0.444 e. The molecule has 0 aliphatic rings. The van der Waals surface area contributed by atoms with Crippen molar-refractivity contribution < 1.29 is 19.1 Å². The van der Waals surface area contributed by atoms with E-state index < -0.39 is 23.4 Å². The number of ether oxygens (including phenoxy) is 2. The molecule has 0 spiro atoms. The molecule has 0 saturated heterocycles. The van der Waals surface area contributed by atoms with E-state index in [1.807, 2.05) is 20.8 Å². The maximum Gasteiger partial charge on any atom is 0.419 e. The minimum absolute atomic E-state index is 0.462. The molecule has 0 aliphatic heterocycles. The molecule has 0 aliphatic carbocycles. The summed E-state index contributed by atoms with van der Waals surface area (Å²) in [5.41, 5.74) is 0.0907. The van der Waals surface area contributed by atoms with E-state index in [-0.39, 0.29) is 0 Å². The van der Waals surface area contributed by atoms with Gasteiger partial charge in [0.2, 0.25) is 0 Å². The summed E-state index contributed by atoms with van der Waals surface area (Å²) in [4.78, 5) is 24.2. The molecule has 136 valence electrons. The summed E-state index contributed by atoms with van der Waals surface area (Å²) in [5.74, 6) is 0. The summed E-state index contributed by atoms with van der Waals surface area (Å²) in [6, 6.07) is 5.22. The van der Waals surface area contributed by atoms with E-state index in [9.17, 15) is 9.59 Å². The van der Waals surface area contributed by atoms with Crippen molar-refractivity contribution in [3.05, 3.63) is 28.9 Å². The summed E-state index contributed by atoms with van der Waals surface area (Å²) in [5, 5.41) is 3.46. The third-order valence-electron chi connectivity index (χ3n) is 2.99. The average molecular weight is 411 g/mol. The molecule has 25 heavy (non-hydrogen) atoms. The van der Waals surface area contributed by atoms with E-state index >= 15 is 0 Å². The van der Waals surface area contributed by atoms with Crippen LogP contribution in [0, 0.1) is 0 Å². The monoisotopic (exact) mass is 410 g/mol. The first kappa shape index (κ1) is 19.3. The summed E-state index contributed by atoms with van der Waals surface area (Å²) < 4.78 is 12.8. The molecule has 7 heteroatoms. The van der Waals surface area contributed by atoms with Gasteiger partial charge >= 0.3 is 12.2 Å². The molecule has 1 amide bonds. The van der Waals surface area contributed by atoms with Crippen LogP contribution in [-0.2, 0) is 9.47 Å². The normalized spacial score (nSPS) is 12.1. The molecule has 0 unspecified atom stereocenters. The molecule has 1 aromatic carbocycles. The van der Waals surface area contributed by atoms with Gasteiger partial charge < -0.3 is 9.47 Å². The SMILES string of the molecule is CC(C)(C)OC(=O)Nc1ccc2c(c1)c(Br)cn2C(=O)OC(C)(C)C. The van der Waals surface area contributed by atoms with Gasteiger partial charge in [0.05, 0.1) is 5.52 Å². The summed E-state index contributed by atoms with van der Waals surface area (Å²) >= 11 is 3.44. The van der Waals surface area contributed by atoms with Crippen LogP contribution in [0.15, 0.2) is 28.9 Å². The van der Waals surface area contributed by atoms with Crippen LogP contribution in [-0.4, -0.2) is 28.0 Å². The summed E-state index contributed by atoms with van der Waals surface area (Å²) in [7, 11) is 0. The van der Waals surface area contributed by atoms with Crippen LogP contribution >= 0.6 is 15.9 Å². The Hall–Kier alpha value is -2.02. The second-order valence-corrected chi connectivity index (χ2v) is 8.54. The maximum absolute atomic E-state index is 12.3. The lowest BCUT2D eigenvalue weighted by atomic mass is 10.2. The highest BCUT2D eigenvalue weighted by Gasteiger charge is 2.21. The van der Waals surface area contributed by atoms with Crippen molar-refractivity contribution in [1.29, 1.82) is 0 Å². The number of fused-ring (bicyclic) bond motifs is 1. The lowest BCUT2D eigenvalue weighted by Crippen LogP contribution is -2.27. The average Bonchev–Trinajstić information content (AvgIpc) is 2.72. The number of hydrogen-bond acceptors (Lipinski definition) is 4. The van der Waals surface area contributed by atoms with Crippen molar-refractivity contribution in [3.8, 4) is 0 Å².